The topological polar surface area (TPSA) is 80.3 Å². The van der Waals surface area contributed by atoms with Crippen LogP contribution in [0.2, 0.25) is 0 Å². The molecule has 2 amide bonds. The van der Waals surface area contributed by atoms with E-state index in [0.29, 0.717) is 34.0 Å². The van der Waals surface area contributed by atoms with Crippen molar-refractivity contribution in [1.82, 2.24) is 10.3 Å². The number of nitrogens with zero attached hydrogens (tertiary/aromatic N) is 1. The van der Waals surface area contributed by atoms with Crippen molar-refractivity contribution in [3.8, 4) is 11.6 Å². The fourth-order valence-corrected chi connectivity index (χ4v) is 2.95. The number of pyridine rings is 1. The third-order valence-electron chi connectivity index (χ3n) is 4.07. The molecule has 0 bridgehead atoms. The molecule has 142 valence electrons. The van der Waals surface area contributed by atoms with E-state index in [0.717, 1.165) is 4.47 Å². The maximum atomic E-state index is 12.5. The highest BCUT2D eigenvalue weighted by Crippen LogP contribution is 2.24. The molecule has 6 nitrogen and oxygen atoms in total. The van der Waals surface area contributed by atoms with Gasteiger partial charge in [-0.15, -0.1) is 0 Å². The summed E-state index contributed by atoms with van der Waals surface area (Å²) in [6.07, 6.45) is 1.45. The smallest absolute Gasteiger partial charge is 0.257 e. The summed E-state index contributed by atoms with van der Waals surface area (Å²) >= 11 is 3.38. The molecule has 0 saturated carbocycles. The molecule has 3 rings (SSSR count). The van der Waals surface area contributed by atoms with E-state index < -0.39 is 0 Å². The molecule has 28 heavy (non-hydrogen) atoms. The van der Waals surface area contributed by atoms with Crippen LogP contribution in [0.15, 0.2) is 65.3 Å². The van der Waals surface area contributed by atoms with E-state index in [9.17, 15) is 9.59 Å². The van der Waals surface area contributed by atoms with Gasteiger partial charge in [-0.05, 0) is 48.9 Å². The summed E-state index contributed by atoms with van der Waals surface area (Å²) in [5.74, 6) is 0.496. The first kappa shape index (κ1) is 19.6. The summed E-state index contributed by atoms with van der Waals surface area (Å²) in [4.78, 5) is 28.6. The van der Waals surface area contributed by atoms with Gasteiger partial charge in [0.2, 0.25) is 5.88 Å². The quantitative estimate of drug-likeness (QED) is 0.610. The molecular formula is C21H18BrN3O3. The molecule has 3 aromatic rings. The Kier molecular flexibility index (Phi) is 6.06. The Bertz CT molecular complexity index is 1020. The second-order valence-corrected chi connectivity index (χ2v) is 6.87. The Morgan fingerprint density at radius 3 is 2.50 bits per heavy atom. The van der Waals surface area contributed by atoms with E-state index in [2.05, 4.69) is 31.5 Å². The Hall–Kier alpha value is -3.19. The van der Waals surface area contributed by atoms with Crippen molar-refractivity contribution in [3.05, 3.63) is 82.0 Å². The maximum Gasteiger partial charge on any atom is 0.257 e. The van der Waals surface area contributed by atoms with Crippen LogP contribution in [0.3, 0.4) is 0 Å². The van der Waals surface area contributed by atoms with E-state index in [4.69, 9.17) is 4.74 Å². The Balaban J connectivity index is 1.72. The summed E-state index contributed by atoms with van der Waals surface area (Å²) in [7, 11) is 1.57. The van der Waals surface area contributed by atoms with Crippen LogP contribution in [-0.2, 0) is 0 Å². The highest BCUT2D eigenvalue weighted by molar-refractivity contribution is 9.10. The van der Waals surface area contributed by atoms with Gasteiger partial charge in [0.1, 0.15) is 5.75 Å². The standard InChI is InChI=1S/C21H18BrN3O3/c1-13-17(21(27)23-2)7-4-8-18(13)25-20(26)14-9-10-19(24-12-14)28-16-6-3-5-15(22)11-16/h3-12H,1-2H3,(H,23,27)(H,25,26). The first-order valence-corrected chi connectivity index (χ1v) is 9.30. The summed E-state index contributed by atoms with van der Waals surface area (Å²) < 4.78 is 6.57. The molecule has 0 aliphatic carbocycles. The van der Waals surface area contributed by atoms with Gasteiger partial charge in [0.15, 0.2) is 0 Å². The van der Waals surface area contributed by atoms with Crippen molar-refractivity contribution < 1.29 is 14.3 Å². The lowest BCUT2D eigenvalue weighted by atomic mass is 10.1. The van der Waals surface area contributed by atoms with Crippen molar-refractivity contribution in [3.63, 3.8) is 0 Å². The van der Waals surface area contributed by atoms with Gasteiger partial charge in [0, 0.05) is 35.0 Å². The number of ether oxygens (including phenoxy) is 1. The molecule has 7 heteroatoms. The van der Waals surface area contributed by atoms with E-state index in [1.165, 1.54) is 6.20 Å². The summed E-state index contributed by atoms with van der Waals surface area (Å²) in [6, 6.07) is 15.8. The molecule has 1 aromatic heterocycles. The van der Waals surface area contributed by atoms with Gasteiger partial charge >= 0.3 is 0 Å². The first-order chi connectivity index (χ1) is 13.5. The lowest BCUT2D eigenvalue weighted by Crippen LogP contribution is -2.20. The van der Waals surface area contributed by atoms with Gasteiger partial charge < -0.3 is 15.4 Å². The molecular weight excluding hydrogens is 422 g/mol. The number of carbonyl (C=O) groups is 2. The fraction of sp³-hybridized carbons (Fsp3) is 0.0952. The molecule has 0 unspecified atom stereocenters. The van der Waals surface area contributed by atoms with Crippen LogP contribution in [0.4, 0.5) is 5.69 Å². The minimum absolute atomic E-state index is 0.204. The van der Waals surface area contributed by atoms with Crippen LogP contribution in [0.1, 0.15) is 26.3 Å². The minimum Gasteiger partial charge on any atom is -0.439 e. The number of rotatable bonds is 5. The lowest BCUT2D eigenvalue weighted by molar-refractivity contribution is 0.0960. The van der Waals surface area contributed by atoms with Crippen molar-refractivity contribution in [2.75, 3.05) is 12.4 Å². The molecule has 0 radical (unpaired) electrons. The number of aromatic nitrogens is 1. The average Bonchev–Trinajstić information content (AvgIpc) is 2.69. The number of amides is 2. The zero-order valence-corrected chi connectivity index (χ0v) is 16.9. The van der Waals surface area contributed by atoms with Crippen molar-refractivity contribution >= 4 is 33.4 Å². The van der Waals surface area contributed by atoms with Gasteiger partial charge in [-0.1, -0.05) is 28.1 Å². The third-order valence-corrected chi connectivity index (χ3v) is 4.56. The summed E-state index contributed by atoms with van der Waals surface area (Å²) in [5, 5.41) is 5.40. The van der Waals surface area contributed by atoms with E-state index in [1.807, 2.05) is 24.3 Å². The first-order valence-electron chi connectivity index (χ1n) is 8.50. The Labute approximate surface area is 171 Å². The molecule has 0 aliphatic heterocycles. The zero-order chi connectivity index (χ0) is 20.1. The third kappa shape index (κ3) is 4.55. The summed E-state index contributed by atoms with van der Waals surface area (Å²) in [5.41, 5.74) is 2.15. The van der Waals surface area contributed by atoms with Crippen LogP contribution in [-0.4, -0.2) is 23.8 Å². The number of nitrogens with one attached hydrogen (secondary N) is 2. The monoisotopic (exact) mass is 439 g/mol. The number of hydrogen-bond donors (Lipinski definition) is 2. The van der Waals surface area contributed by atoms with E-state index in [1.54, 1.807) is 44.3 Å². The van der Waals surface area contributed by atoms with Crippen LogP contribution in [0.5, 0.6) is 11.6 Å². The van der Waals surface area contributed by atoms with E-state index >= 15 is 0 Å². The van der Waals surface area contributed by atoms with Crippen molar-refractivity contribution in [2.24, 2.45) is 0 Å². The largest absolute Gasteiger partial charge is 0.439 e. The maximum absolute atomic E-state index is 12.5. The van der Waals surface area contributed by atoms with Crippen LogP contribution in [0.25, 0.3) is 0 Å². The second-order valence-electron chi connectivity index (χ2n) is 5.96. The molecule has 0 atom stereocenters. The minimum atomic E-state index is -0.321. The van der Waals surface area contributed by atoms with Crippen LogP contribution >= 0.6 is 15.9 Å². The molecule has 0 aliphatic rings. The normalized spacial score (nSPS) is 10.2. The van der Waals surface area contributed by atoms with Gasteiger partial charge in [0.05, 0.1) is 5.56 Å². The number of anilines is 1. The van der Waals surface area contributed by atoms with Gasteiger partial charge in [0.25, 0.3) is 11.8 Å². The molecule has 0 fully saturated rings. The molecule has 2 N–H and O–H groups in total. The fourth-order valence-electron chi connectivity index (χ4n) is 2.57. The van der Waals surface area contributed by atoms with Crippen molar-refractivity contribution in [2.45, 2.75) is 6.92 Å². The van der Waals surface area contributed by atoms with Crippen LogP contribution in [0, 0.1) is 6.92 Å². The predicted molar refractivity (Wildman–Crippen MR) is 111 cm³/mol. The molecule has 1 heterocycles. The number of halogens is 1. The SMILES string of the molecule is CNC(=O)c1cccc(NC(=O)c2ccc(Oc3cccc(Br)c3)nc2)c1C. The average molecular weight is 440 g/mol. The Morgan fingerprint density at radius 1 is 1.04 bits per heavy atom. The van der Waals surface area contributed by atoms with Gasteiger partial charge in [-0.3, -0.25) is 9.59 Å². The Morgan fingerprint density at radius 2 is 1.82 bits per heavy atom. The molecule has 2 aromatic carbocycles. The number of benzene rings is 2. The highest BCUT2D eigenvalue weighted by atomic mass is 79.9. The summed E-state index contributed by atoms with van der Waals surface area (Å²) in [6.45, 7) is 1.79. The molecule has 0 saturated heterocycles. The highest BCUT2D eigenvalue weighted by Gasteiger charge is 2.13. The van der Waals surface area contributed by atoms with Crippen LogP contribution < -0.4 is 15.4 Å². The zero-order valence-electron chi connectivity index (χ0n) is 15.3. The molecule has 0 spiro atoms. The number of hydrogen-bond acceptors (Lipinski definition) is 4. The van der Waals surface area contributed by atoms with E-state index in [-0.39, 0.29) is 11.8 Å². The van der Waals surface area contributed by atoms with Gasteiger partial charge in [-0.2, -0.15) is 0 Å². The number of carbonyl (C=O) groups excluding carboxylic acids is 2. The lowest BCUT2D eigenvalue weighted by Gasteiger charge is -2.12. The second kappa shape index (κ2) is 8.67. The van der Waals surface area contributed by atoms with Gasteiger partial charge in [-0.25, -0.2) is 4.98 Å². The predicted octanol–water partition coefficient (Wildman–Crippen LogP) is 4.56. The van der Waals surface area contributed by atoms with Crippen molar-refractivity contribution in [1.29, 1.82) is 0 Å².